The van der Waals surface area contributed by atoms with E-state index in [9.17, 15) is 0 Å². The number of nitrogens with zero attached hydrogens (tertiary/aromatic N) is 4. The molecule has 3 rings (SSSR count). The normalized spacial score (nSPS) is 10.6. The van der Waals surface area contributed by atoms with Crippen molar-refractivity contribution in [3.63, 3.8) is 0 Å². The van der Waals surface area contributed by atoms with Gasteiger partial charge in [-0.1, -0.05) is 17.3 Å². The van der Waals surface area contributed by atoms with Gasteiger partial charge in [0.1, 0.15) is 5.82 Å². The summed E-state index contributed by atoms with van der Waals surface area (Å²) in [6, 6.07) is 7.97. The summed E-state index contributed by atoms with van der Waals surface area (Å²) in [4.78, 5) is 7.37. The van der Waals surface area contributed by atoms with Crippen molar-refractivity contribution in [1.82, 2.24) is 25.0 Å². The van der Waals surface area contributed by atoms with Gasteiger partial charge in [-0.3, -0.25) is 0 Å². The number of aromatic nitrogens is 5. The largest absolute Gasteiger partial charge is 0.378 e. The lowest BCUT2D eigenvalue weighted by molar-refractivity contribution is 0.803. The van der Waals surface area contributed by atoms with Crippen LogP contribution in [0.25, 0.3) is 5.69 Å². The van der Waals surface area contributed by atoms with Crippen molar-refractivity contribution in [2.75, 3.05) is 5.32 Å². The van der Waals surface area contributed by atoms with E-state index in [4.69, 9.17) is 0 Å². The van der Waals surface area contributed by atoms with Crippen molar-refractivity contribution in [2.45, 2.75) is 13.5 Å². The van der Waals surface area contributed by atoms with Crippen molar-refractivity contribution >= 4 is 5.69 Å². The molecule has 0 spiro atoms. The zero-order valence-electron chi connectivity index (χ0n) is 10.5. The zero-order chi connectivity index (χ0) is 13.1. The first-order valence-corrected chi connectivity index (χ1v) is 6.03. The number of H-pyrrole nitrogens is 1. The van der Waals surface area contributed by atoms with E-state index in [1.165, 1.54) is 0 Å². The second-order valence-corrected chi connectivity index (χ2v) is 4.21. The van der Waals surface area contributed by atoms with Gasteiger partial charge >= 0.3 is 0 Å². The summed E-state index contributed by atoms with van der Waals surface area (Å²) in [7, 11) is 0. The van der Waals surface area contributed by atoms with Crippen LogP contribution in [0.4, 0.5) is 5.69 Å². The van der Waals surface area contributed by atoms with Gasteiger partial charge in [-0.15, -0.1) is 5.10 Å². The Balaban J connectivity index is 1.81. The highest BCUT2D eigenvalue weighted by Crippen LogP contribution is 2.19. The molecule has 0 aliphatic heterocycles. The van der Waals surface area contributed by atoms with Gasteiger partial charge in [-0.2, -0.15) is 0 Å². The number of para-hydroxylation sites is 2. The maximum Gasteiger partial charge on any atom is 0.103 e. The molecule has 2 N–H and O–H groups in total. The van der Waals surface area contributed by atoms with Crippen LogP contribution in [0, 0.1) is 6.92 Å². The molecule has 19 heavy (non-hydrogen) atoms. The number of nitrogens with one attached hydrogen (secondary N) is 2. The molecule has 0 bridgehead atoms. The van der Waals surface area contributed by atoms with Crippen LogP contribution in [0.15, 0.2) is 42.9 Å². The predicted molar refractivity (Wildman–Crippen MR) is 72.0 cm³/mol. The van der Waals surface area contributed by atoms with E-state index >= 15 is 0 Å². The molecule has 6 nitrogen and oxygen atoms in total. The Morgan fingerprint density at radius 1 is 1.32 bits per heavy atom. The topological polar surface area (TPSA) is 71.4 Å². The van der Waals surface area contributed by atoms with E-state index in [1.807, 2.05) is 43.6 Å². The Morgan fingerprint density at radius 3 is 2.95 bits per heavy atom. The highest BCUT2D eigenvalue weighted by atomic mass is 15.4. The minimum Gasteiger partial charge on any atom is -0.378 e. The molecule has 2 aromatic heterocycles. The van der Waals surface area contributed by atoms with Crippen molar-refractivity contribution in [2.24, 2.45) is 0 Å². The summed E-state index contributed by atoms with van der Waals surface area (Å²) in [6.07, 6.45) is 5.32. The maximum absolute atomic E-state index is 4.18. The van der Waals surface area contributed by atoms with Crippen LogP contribution in [0.2, 0.25) is 0 Å². The number of hydrogen-bond acceptors (Lipinski definition) is 4. The molecular formula is C13H14N6. The molecule has 0 fully saturated rings. The van der Waals surface area contributed by atoms with Crippen LogP contribution in [-0.4, -0.2) is 25.0 Å². The van der Waals surface area contributed by atoms with Gasteiger partial charge in [0.15, 0.2) is 0 Å². The van der Waals surface area contributed by atoms with Gasteiger partial charge in [0, 0.05) is 0 Å². The average Bonchev–Trinajstić information content (AvgIpc) is 3.08. The minimum absolute atomic E-state index is 0.687. The van der Waals surface area contributed by atoms with E-state index in [2.05, 4.69) is 25.6 Å². The molecule has 6 heteroatoms. The molecule has 0 amide bonds. The van der Waals surface area contributed by atoms with E-state index in [0.717, 1.165) is 22.9 Å². The molecule has 0 saturated heterocycles. The van der Waals surface area contributed by atoms with Crippen molar-refractivity contribution in [3.05, 3.63) is 54.4 Å². The summed E-state index contributed by atoms with van der Waals surface area (Å²) in [6.45, 7) is 2.62. The van der Waals surface area contributed by atoms with Crippen molar-refractivity contribution in [1.29, 1.82) is 0 Å². The van der Waals surface area contributed by atoms with E-state index in [1.54, 1.807) is 10.9 Å². The third-order valence-electron chi connectivity index (χ3n) is 2.80. The van der Waals surface area contributed by atoms with Crippen LogP contribution in [-0.2, 0) is 6.54 Å². The number of rotatable bonds is 4. The first kappa shape index (κ1) is 11.5. The summed E-state index contributed by atoms with van der Waals surface area (Å²) < 4.78 is 1.74. The number of aryl methyl sites for hydroxylation is 1. The third kappa shape index (κ3) is 2.47. The Morgan fingerprint density at radius 2 is 2.21 bits per heavy atom. The van der Waals surface area contributed by atoms with Gasteiger partial charge in [0.25, 0.3) is 0 Å². The third-order valence-corrected chi connectivity index (χ3v) is 2.80. The standard InChI is InChI=1S/C13H14N6/c1-10-14-8-11(17-10)9-15-12-4-2-3-5-13(12)19-7-6-16-18-19/h2-8,15H,9H2,1H3,(H,14,17). The lowest BCUT2D eigenvalue weighted by Crippen LogP contribution is -2.05. The average molecular weight is 254 g/mol. The Kier molecular flexibility index (Phi) is 2.97. The Bertz CT molecular complexity index is 655. The maximum atomic E-state index is 4.18. The summed E-state index contributed by atoms with van der Waals surface area (Å²) >= 11 is 0. The number of anilines is 1. The molecular weight excluding hydrogens is 240 g/mol. The molecule has 3 aromatic rings. The van der Waals surface area contributed by atoms with Crippen molar-refractivity contribution in [3.8, 4) is 5.69 Å². The number of aromatic amines is 1. The molecule has 0 atom stereocenters. The van der Waals surface area contributed by atoms with E-state index < -0.39 is 0 Å². The predicted octanol–water partition coefficient (Wildman–Crippen LogP) is 1.91. The molecule has 0 unspecified atom stereocenters. The second kappa shape index (κ2) is 4.93. The Labute approximate surface area is 110 Å². The monoisotopic (exact) mass is 254 g/mol. The summed E-state index contributed by atoms with van der Waals surface area (Å²) in [5.41, 5.74) is 3.02. The Hall–Kier alpha value is -2.63. The second-order valence-electron chi connectivity index (χ2n) is 4.21. The highest BCUT2D eigenvalue weighted by Gasteiger charge is 2.04. The van der Waals surface area contributed by atoms with Crippen LogP contribution in [0.5, 0.6) is 0 Å². The molecule has 96 valence electrons. The SMILES string of the molecule is Cc1ncc(CNc2ccccc2-n2ccnn2)[nH]1. The molecule has 0 radical (unpaired) electrons. The molecule has 0 aliphatic carbocycles. The van der Waals surface area contributed by atoms with Crippen LogP contribution >= 0.6 is 0 Å². The van der Waals surface area contributed by atoms with Crippen LogP contribution < -0.4 is 5.32 Å². The number of hydrogen-bond donors (Lipinski definition) is 2. The zero-order valence-corrected chi connectivity index (χ0v) is 10.5. The number of benzene rings is 1. The fraction of sp³-hybridized carbons (Fsp3) is 0.154. The first-order chi connectivity index (χ1) is 9.33. The van der Waals surface area contributed by atoms with Gasteiger partial charge in [-0.25, -0.2) is 9.67 Å². The van der Waals surface area contributed by atoms with Crippen LogP contribution in [0.1, 0.15) is 11.5 Å². The van der Waals surface area contributed by atoms with E-state index in [-0.39, 0.29) is 0 Å². The molecule has 1 aromatic carbocycles. The van der Waals surface area contributed by atoms with Crippen molar-refractivity contribution < 1.29 is 0 Å². The summed E-state index contributed by atoms with van der Waals surface area (Å²) in [5.74, 6) is 0.918. The lowest BCUT2D eigenvalue weighted by atomic mass is 10.2. The van der Waals surface area contributed by atoms with E-state index in [0.29, 0.717) is 6.54 Å². The smallest absolute Gasteiger partial charge is 0.103 e. The molecule has 2 heterocycles. The van der Waals surface area contributed by atoms with Gasteiger partial charge in [0.2, 0.25) is 0 Å². The summed E-state index contributed by atoms with van der Waals surface area (Å²) in [5, 5.41) is 11.2. The van der Waals surface area contributed by atoms with Gasteiger partial charge < -0.3 is 10.3 Å². The van der Waals surface area contributed by atoms with Gasteiger partial charge in [-0.05, 0) is 19.1 Å². The highest BCUT2D eigenvalue weighted by molar-refractivity contribution is 5.60. The van der Waals surface area contributed by atoms with Gasteiger partial charge in [0.05, 0.1) is 42.2 Å². The number of imidazole rings is 1. The molecule has 0 aliphatic rings. The lowest BCUT2D eigenvalue weighted by Gasteiger charge is -2.10. The van der Waals surface area contributed by atoms with Crippen LogP contribution in [0.3, 0.4) is 0 Å². The minimum atomic E-state index is 0.687. The fourth-order valence-electron chi connectivity index (χ4n) is 1.91. The quantitative estimate of drug-likeness (QED) is 0.746. The molecule has 0 saturated carbocycles. The fourth-order valence-corrected chi connectivity index (χ4v) is 1.91. The first-order valence-electron chi connectivity index (χ1n) is 6.03.